The van der Waals surface area contributed by atoms with E-state index in [9.17, 15) is 30.0 Å². The van der Waals surface area contributed by atoms with Crippen LogP contribution in [0.3, 0.4) is 0 Å². The summed E-state index contributed by atoms with van der Waals surface area (Å²) in [5, 5.41) is 40.1. The van der Waals surface area contributed by atoms with Crippen LogP contribution in [0.1, 0.15) is 219 Å². The van der Waals surface area contributed by atoms with Gasteiger partial charge in [0.2, 0.25) is 0 Å². The first-order valence-corrected chi connectivity index (χ1v) is 23.8. The van der Waals surface area contributed by atoms with E-state index in [1.165, 1.54) is 141 Å². The van der Waals surface area contributed by atoms with Crippen LogP contribution >= 0.6 is 0 Å². The Morgan fingerprint density at radius 1 is 0.526 bits per heavy atom. The third-order valence-electron chi connectivity index (χ3n) is 11.2. The Hall–Kier alpha value is -1.56. The van der Waals surface area contributed by atoms with Crippen LogP contribution in [-0.4, -0.2) is 89.0 Å². The lowest BCUT2D eigenvalue weighted by molar-refractivity contribution is -0.305. The Labute approximate surface area is 348 Å². The molecule has 1 aliphatic rings. The van der Waals surface area contributed by atoms with E-state index >= 15 is 0 Å². The number of carbonyl (C=O) groups is 2. The smallest absolute Gasteiger partial charge is 0.306 e. The number of hydrogen-bond donors (Lipinski definition) is 4. The summed E-state index contributed by atoms with van der Waals surface area (Å²) in [4.78, 5) is 25.4. The molecule has 10 nitrogen and oxygen atoms in total. The third kappa shape index (κ3) is 30.2. The number of aliphatic hydroxyl groups is 4. The van der Waals surface area contributed by atoms with Gasteiger partial charge < -0.3 is 39.4 Å². The summed E-state index contributed by atoms with van der Waals surface area (Å²) in [6.45, 7) is 3.44. The summed E-state index contributed by atoms with van der Waals surface area (Å²) in [7, 11) is 0. The number of unbranched alkanes of at least 4 members (excludes halogenated alkanes) is 27. The van der Waals surface area contributed by atoms with Crippen molar-refractivity contribution >= 4 is 11.9 Å². The molecule has 1 rings (SSSR count). The van der Waals surface area contributed by atoms with Crippen molar-refractivity contribution in [1.82, 2.24) is 0 Å². The van der Waals surface area contributed by atoms with Crippen LogP contribution < -0.4 is 0 Å². The van der Waals surface area contributed by atoms with Crippen molar-refractivity contribution in [2.24, 2.45) is 0 Å². The Bertz CT molecular complexity index is 943. The molecule has 0 spiro atoms. The molecule has 336 valence electrons. The van der Waals surface area contributed by atoms with E-state index in [0.717, 1.165) is 44.9 Å². The van der Waals surface area contributed by atoms with Gasteiger partial charge in [0.1, 0.15) is 31.0 Å². The van der Waals surface area contributed by atoms with Gasteiger partial charge in [-0.05, 0) is 38.5 Å². The normalized spacial score (nSPS) is 20.3. The molecular formula is C47H88O10. The second kappa shape index (κ2) is 38.6. The zero-order chi connectivity index (χ0) is 41.6. The Morgan fingerprint density at radius 2 is 0.930 bits per heavy atom. The summed E-state index contributed by atoms with van der Waals surface area (Å²) in [6, 6.07) is 0. The lowest BCUT2D eigenvalue weighted by Gasteiger charge is -2.39. The van der Waals surface area contributed by atoms with Gasteiger partial charge in [0.25, 0.3) is 0 Å². The van der Waals surface area contributed by atoms with Crippen molar-refractivity contribution < 1.29 is 49.0 Å². The molecule has 1 saturated heterocycles. The third-order valence-corrected chi connectivity index (χ3v) is 11.2. The molecule has 0 saturated carbocycles. The molecule has 0 aromatic rings. The minimum atomic E-state index is -1.59. The molecule has 0 aromatic heterocycles. The van der Waals surface area contributed by atoms with E-state index in [4.69, 9.17) is 18.9 Å². The maximum absolute atomic E-state index is 12.8. The quantitative estimate of drug-likeness (QED) is 0.0267. The van der Waals surface area contributed by atoms with Crippen molar-refractivity contribution in [2.45, 2.75) is 256 Å². The number of ether oxygens (including phenoxy) is 4. The van der Waals surface area contributed by atoms with E-state index in [0.29, 0.717) is 6.42 Å². The lowest BCUT2D eigenvalue weighted by atomic mass is 9.99. The van der Waals surface area contributed by atoms with Crippen LogP contribution in [0, 0.1) is 0 Å². The van der Waals surface area contributed by atoms with Crippen LogP contribution in [0.2, 0.25) is 0 Å². The van der Waals surface area contributed by atoms with Crippen LogP contribution in [0.5, 0.6) is 0 Å². The minimum Gasteiger partial charge on any atom is -0.462 e. The second-order valence-electron chi connectivity index (χ2n) is 16.6. The molecule has 0 aromatic carbocycles. The summed E-state index contributed by atoms with van der Waals surface area (Å²) >= 11 is 0. The maximum Gasteiger partial charge on any atom is 0.306 e. The maximum atomic E-state index is 12.8. The Balaban J connectivity index is 2.30. The van der Waals surface area contributed by atoms with E-state index in [2.05, 4.69) is 26.0 Å². The summed E-state index contributed by atoms with van der Waals surface area (Å²) in [5.41, 5.74) is 0. The number of carbonyl (C=O) groups excluding carboxylic acids is 2. The highest BCUT2D eigenvalue weighted by Crippen LogP contribution is 2.23. The van der Waals surface area contributed by atoms with Gasteiger partial charge in [-0.2, -0.15) is 0 Å². The van der Waals surface area contributed by atoms with Crippen LogP contribution in [-0.2, 0) is 28.5 Å². The van der Waals surface area contributed by atoms with Gasteiger partial charge in [0, 0.05) is 12.8 Å². The van der Waals surface area contributed by atoms with Gasteiger partial charge in [-0.1, -0.05) is 180 Å². The molecule has 2 unspecified atom stereocenters. The lowest BCUT2D eigenvalue weighted by Crippen LogP contribution is -2.59. The molecule has 1 heterocycles. The second-order valence-corrected chi connectivity index (χ2v) is 16.6. The van der Waals surface area contributed by atoms with Crippen molar-refractivity contribution in [3.8, 4) is 0 Å². The molecule has 1 aliphatic heterocycles. The van der Waals surface area contributed by atoms with Crippen molar-refractivity contribution in [3.05, 3.63) is 12.2 Å². The monoisotopic (exact) mass is 813 g/mol. The average molecular weight is 813 g/mol. The molecular weight excluding hydrogens is 725 g/mol. The van der Waals surface area contributed by atoms with Gasteiger partial charge in [-0.25, -0.2) is 0 Å². The van der Waals surface area contributed by atoms with Crippen molar-refractivity contribution in [2.75, 3.05) is 19.8 Å². The number of aliphatic hydroxyl groups excluding tert-OH is 4. The van der Waals surface area contributed by atoms with E-state index in [1.807, 2.05) is 0 Å². The molecule has 4 N–H and O–H groups in total. The van der Waals surface area contributed by atoms with E-state index in [-0.39, 0.29) is 32.0 Å². The van der Waals surface area contributed by atoms with Crippen LogP contribution in [0.25, 0.3) is 0 Å². The molecule has 0 aliphatic carbocycles. The topological polar surface area (TPSA) is 152 Å². The highest BCUT2D eigenvalue weighted by atomic mass is 16.7. The van der Waals surface area contributed by atoms with Gasteiger partial charge in [0.05, 0.1) is 13.2 Å². The van der Waals surface area contributed by atoms with E-state index in [1.54, 1.807) is 0 Å². The number of rotatable bonds is 40. The Morgan fingerprint density at radius 3 is 1.37 bits per heavy atom. The zero-order valence-electron chi connectivity index (χ0n) is 36.6. The fraction of sp³-hybridized carbons (Fsp3) is 0.915. The predicted molar refractivity (Wildman–Crippen MR) is 229 cm³/mol. The Kier molecular flexibility index (Phi) is 36.2. The van der Waals surface area contributed by atoms with Gasteiger partial charge in [0.15, 0.2) is 12.4 Å². The van der Waals surface area contributed by atoms with Crippen LogP contribution in [0.4, 0.5) is 0 Å². The molecule has 57 heavy (non-hydrogen) atoms. The molecule has 0 bridgehead atoms. The molecule has 1 fully saturated rings. The SMILES string of the molecule is CCCCCCCC/C=C/CCCCCCCCCC(=O)O[C@H](COC(=O)CCCCCCCCCCCCCCCCC)CO[C@@H]1O[C@H](CO)[C@H](O)C(O)C1O. The largest absolute Gasteiger partial charge is 0.462 e. The molecule has 0 radical (unpaired) electrons. The first-order valence-electron chi connectivity index (χ1n) is 23.8. The molecule has 6 atom stereocenters. The predicted octanol–water partition coefficient (Wildman–Crippen LogP) is 10.3. The fourth-order valence-corrected chi connectivity index (χ4v) is 7.36. The number of hydrogen-bond acceptors (Lipinski definition) is 10. The average Bonchev–Trinajstić information content (AvgIpc) is 3.21. The van der Waals surface area contributed by atoms with Crippen molar-refractivity contribution in [3.63, 3.8) is 0 Å². The van der Waals surface area contributed by atoms with Crippen molar-refractivity contribution in [1.29, 1.82) is 0 Å². The van der Waals surface area contributed by atoms with Crippen LogP contribution in [0.15, 0.2) is 12.2 Å². The highest BCUT2D eigenvalue weighted by Gasteiger charge is 2.44. The number of allylic oxidation sites excluding steroid dienone is 2. The van der Waals surface area contributed by atoms with Gasteiger partial charge in [-0.15, -0.1) is 0 Å². The van der Waals surface area contributed by atoms with E-state index < -0.39 is 49.4 Å². The summed E-state index contributed by atoms with van der Waals surface area (Å²) < 4.78 is 22.2. The number of esters is 2. The zero-order valence-corrected chi connectivity index (χ0v) is 36.6. The minimum absolute atomic E-state index is 0.213. The summed E-state index contributed by atoms with van der Waals surface area (Å²) in [5.74, 6) is -0.800. The molecule has 10 heteroatoms. The van der Waals surface area contributed by atoms with Gasteiger partial charge >= 0.3 is 11.9 Å². The fourth-order valence-electron chi connectivity index (χ4n) is 7.36. The first kappa shape index (κ1) is 53.5. The summed E-state index contributed by atoms with van der Waals surface area (Å²) in [6.07, 6.45) is 33.5. The molecule has 0 amide bonds. The standard InChI is InChI=1S/C47H88O10/c1-3-5-7-9-11-13-15-17-19-20-22-24-26-28-30-32-34-36-43(50)56-40(39-55-47-46(53)45(52)44(51)41(37-48)57-47)38-54-42(49)35-33-31-29-27-25-23-21-18-16-14-12-10-8-6-4-2/h17,19,40-41,44-48,51-53H,3-16,18,20-39H2,1-2H3/b19-17+/t40-,41-,44+,45?,46?,47-/m1/s1. The van der Waals surface area contributed by atoms with Gasteiger partial charge in [-0.3, -0.25) is 9.59 Å². The first-order chi connectivity index (χ1) is 27.8. The highest BCUT2D eigenvalue weighted by molar-refractivity contribution is 5.70.